The van der Waals surface area contributed by atoms with Crippen LogP contribution in [-0.4, -0.2) is 11.6 Å². The van der Waals surface area contributed by atoms with Gasteiger partial charge < -0.3 is 10.5 Å². The molecule has 1 aromatic carbocycles. The van der Waals surface area contributed by atoms with E-state index in [9.17, 15) is 0 Å². The van der Waals surface area contributed by atoms with E-state index in [1.54, 1.807) is 6.07 Å². The molecule has 0 aliphatic carbocycles. The lowest BCUT2D eigenvalue weighted by Crippen LogP contribution is -2.09. The number of thiocarbonyl (C=S) groups is 1. The lowest BCUT2D eigenvalue weighted by Gasteiger charge is -2.07. The summed E-state index contributed by atoms with van der Waals surface area (Å²) in [7, 11) is 0. The van der Waals surface area contributed by atoms with Crippen molar-refractivity contribution in [2.75, 3.05) is 6.61 Å². The van der Waals surface area contributed by atoms with Crippen LogP contribution in [0.2, 0.25) is 5.02 Å². The van der Waals surface area contributed by atoms with Crippen molar-refractivity contribution in [3.63, 3.8) is 0 Å². The van der Waals surface area contributed by atoms with Gasteiger partial charge in [0.1, 0.15) is 4.99 Å². The predicted octanol–water partition coefficient (Wildman–Crippen LogP) is 3.29. The van der Waals surface area contributed by atoms with E-state index >= 15 is 0 Å². The van der Waals surface area contributed by atoms with Crippen LogP contribution in [0.25, 0.3) is 0 Å². The fourth-order valence-electron chi connectivity index (χ4n) is 1.25. The van der Waals surface area contributed by atoms with Gasteiger partial charge in [-0.25, -0.2) is 0 Å². The first-order valence-corrected chi connectivity index (χ1v) is 6.09. The van der Waals surface area contributed by atoms with Crippen molar-refractivity contribution in [3.8, 4) is 0 Å². The fourth-order valence-corrected chi connectivity index (χ4v) is 1.61. The molecule has 2 nitrogen and oxygen atoms in total. The van der Waals surface area contributed by atoms with Gasteiger partial charge >= 0.3 is 0 Å². The quantitative estimate of drug-likeness (QED) is 0.627. The minimum Gasteiger partial charge on any atom is -0.389 e. The molecule has 0 aliphatic rings. The Hall–Kier alpha value is -0.640. The Morgan fingerprint density at radius 2 is 2.25 bits per heavy atom. The summed E-state index contributed by atoms with van der Waals surface area (Å²) in [5, 5.41) is 0.654. The highest BCUT2D eigenvalue weighted by atomic mass is 35.5. The summed E-state index contributed by atoms with van der Waals surface area (Å²) >= 11 is 11.0. The third-order valence-electron chi connectivity index (χ3n) is 2.24. The summed E-state index contributed by atoms with van der Waals surface area (Å²) in [6.07, 6.45) is 2.21. The molecular weight excluding hydrogens is 242 g/mol. The lowest BCUT2D eigenvalue weighted by molar-refractivity contribution is 0.118. The number of hydrogen-bond donors (Lipinski definition) is 1. The van der Waals surface area contributed by atoms with Crippen LogP contribution in [0.4, 0.5) is 0 Å². The molecule has 0 unspecified atom stereocenters. The highest BCUT2D eigenvalue weighted by Crippen LogP contribution is 2.19. The summed E-state index contributed by atoms with van der Waals surface area (Å²) in [6, 6.07) is 5.55. The second-order valence-corrected chi connectivity index (χ2v) is 4.42. The summed E-state index contributed by atoms with van der Waals surface area (Å²) < 4.78 is 5.49. The van der Waals surface area contributed by atoms with E-state index in [0.29, 0.717) is 16.6 Å². The van der Waals surface area contributed by atoms with Crippen molar-refractivity contribution in [3.05, 3.63) is 34.3 Å². The minimum atomic E-state index is 0.361. The van der Waals surface area contributed by atoms with Crippen LogP contribution in [0.15, 0.2) is 18.2 Å². The summed E-state index contributed by atoms with van der Waals surface area (Å²) in [5.74, 6) is 0. The van der Waals surface area contributed by atoms with Gasteiger partial charge in [0, 0.05) is 17.2 Å². The molecule has 88 valence electrons. The summed E-state index contributed by atoms with van der Waals surface area (Å²) in [6.45, 7) is 3.44. The van der Waals surface area contributed by atoms with Crippen molar-refractivity contribution in [2.45, 2.75) is 26.4 Å². The Morgan fingerprint density at radius 3 is 2.81 bits per heavy atom. The van der Waals surface area contributed by atoms with Crippen LogP contribution in [0, 0.1) is 0 Å². The largest absolute Gasteiger partial charge is 0.389 e. The Kier molecular flexibility index (Phi) is 5.74. The van der Waals surface area contributed by atoms with E-state index in [4.69, 9.17) is 34.3 Å². The number of hydrogen-bond acceptors (Lipinski definition) is 2. The zero-order valence-corrected chi connectivity index (χ0v) is 10.9. The van der Waals surface area contributed by atoms with Gasteiger partial charge in [-0.1, -0.05) is 49.3 Å². The number of nitrogens with two attached hydrogens (primary N) is 1. The molecule has 1 rings (SSSR count). The number of benzene rings is 1. The Labute approximate surface area is 107 Å². The topological polar surface area (TPSA) is 35.2 Å². The van der Waals surface area contributed by atoms with Gasteiger partial charge in [-0.3, -0.25) is 0 Å². The van der Waals surface area contributed by atoms with E-state index in [0.717, 1.165) is 30.6 Å². The number of ether oxygens (including phenoxy) is 1. The highest BCUT2D eigenvalue weighted by Gasteiger charge is 2.03. The molecule has 0 aliphatic heterocycles. The molecule has 2 N–H and O–H groups in total. The average Bonchev–Trinajstić information content (AvgIpc) is 2.26. The first kappa shape index (κ1) is 13.4. The van der Waals surface area contributed by atoms with Gasteiger partial charge in [0.2, 0.25) is 0 Å². The third kappa shape index (κ3) is 4.08. The van der Waals surface area contributed by atoms with Crippen LogP contribution in [-0.2, 0) is 11.3 Å². The molecule has 0 heterocycles. The molecule has 16 heavy (non-hydrogen) atoms. The molecule has 0 aromatic heterocycles. The standard InChI is InChI=1S/C12H16ClNOS/c1-2-3-6-15-8-10-5-4-9(12(14)16)7-11(10)13/h4-5,7H,2-3,6,8H2,1H3,(H2,14,16). The second kappa shape index (κ2) is 6.84. The first-order valence-electron chi connectivity index (χ1n) is 5.31. The van der Waals surface area contributed by atoms with E-state index in [-0.39, 0.29) is 0 Å². The molecule has 1 aromatic rings. The fraction of sp³-hybridized carbons (Fsp3) is 0.417. The maximum absolute atomic E-state index is 6.09. The monoisotopic (exact) mass is 257 g/mol. The van der Waals surface area contributed by atoms with Gasteiger partial charge in [0.05, 0.1) is 6.61 Å². The van der Waals surface area contributed by atoms with Crippen molar-refractivity contribution < 1.29 is 4.74 Å². The highest BCUT2D eigenvalue weighted by molar-refractivity contribution is 7.80. The molecule has 0 fully saturated rings. The Bertz CT molecular complexity index is 368. The van der Waals surface area contributed by atoms with Crippen LogP contribution < -0.4 is 5.73 Å². The molecule has 0 atom stereocenters. The summed E-state index contributed by atoms with van der Waals surface area (Å²) in [4.78, 5) is 0.361. The minimum absolute atomic E-state index is 0.361. The van der Waals surface area contributed by atoms with Crippen molar-refractivity contribution in [2.24, 2.45) is 5.73 Å². The molecule has 0 amide bonds. The van der Waals surface area contributed by atoms with E-state index in [2.05, 4.69) is 6.92 Å². The zero-order valence-electron chi connectivity index (χ0n) is 9.33. The van der Waals surface area contributed by atoms with E-state index in [1.165, 1.54) is 0 Å². The van der Waals surface area contributed by atoms with Crippen molar-refractivity contribution >= 4 is 28.8 Å². The molecular formula is C12H16ClNOS. The Balaban J connectivity index is 2.57. The normalized spacial score (nSPS) is 10.4. The van der Waals surface area contributed by atoms with Gasteiger partial charge in [0.25, 0.3) is 0 Å². The maximum atomic E-state index is 6.09. The van der Waals surface area contributed by atoms with Crippen LogP contribution in [0.5, 0.6) is 0 Å². The number of rotatable bonds is 6. The predicted molar refractivity (Wildman–Crippen MR) is 71.9 cm³/mol. The van der Waals surface area contributed by atoms with Gasteiger partial charge in [-0.05, 0) is 18.1 Å². The van der Waals surface area contributed by atoms with Crippen LogP contribution in [0.1, 0.15) is 30.9 Å². The molecule has 0 spiro atoms. The third-order valence-corrected chi connectivity index (χ3v) is 2.82. The molecule has 4 heteroatoms. The maximum Gasteiger partial charge on any atom is 0.104 e. The van der Waals surface area contributed by atoms with Gasteiger partial charge in [-0.15, -0.1) is 0 Å². The first-order chi connectivity index (χ1) is 7.65. The second-order valence-electron chi connectivity index (χ2n) is 3.58. The van der Waals surface area contributed by atoms with Gasteiger partial charge in [0.15, 0.2) is 0 Å². The number of halogens is 1. The van der Waals surface area contributed by atoms with Crippen LogP contribution >= 0.6 is 23.8 Å². The van der Waals surface area contributed by atoms with E-state index < -0.39 is 0 Å². The van der Waals surface area contributed by atoms with E-state index in [1.807, 2.05) is 12.1 Å². The average molecular weight is 258 g/mol. The van der Waals surface area contributed by atoms with Crippen LogP contribution in [0.3, 0.4) is 0 Å². The molecule has 0 radical (unpaired) electrons. The smallest absolute Gasteiger partial charge is 0.104 e. The molecule has 0 saturated heterocycles. The molecule has 0 bridgehead atoms. The van der Waals surface area contributed by atoms with Crippen molar-refractivity contribution in [1.29, 1.82) is 0 Å². The summed E-state index contributed by atoms with van der Waals surface area (Å²) in [5.41, 5.74) is 7.27. The Morgan fingerprint density at radius 1 is 1.50 bits per heavy atom. The SMILES string of the molecule is CCCCOCc1ccc(C(N)=S)cc1Cl. The number of unbranched alkanes of at least 4 members (excludes halogenated alkanes) is 1. The zero-order chi connectivity index (χ0) is 12.0. The molecule has 0 saturated carbocycles. The lowest BCUT2D eigenvalue weighted by atomic mass is 10.1. The van der Waals surface area contributed by atoms with Gasteiger partial charge in [-0.2, -0.15) is 0 Å². The van der Waals surface area contributed by atoms with Crippen molar-refractivity contribution in [1.82, 2.24) is 0 Å².